The second-order valence-corrected chi connectivity index (χ2v) is 3.94. The molecule has 15 heavy (non-hydrogen) atoms. The zero-order valence-electron chi connectivity index (χ0n) is 9.32. The van der Waals surface area contributed by atoms with E-state index in [4.69, 9.17) is 5.73 Å². The first-order valence-corrected chi connectivity index (χ1v) is 5.30. The minimum Gasteiger partial charge on any atom is -0.403 e. The van der Waals surface area contributed by atoms with Crippen LogP contribution in [0.2, 0.25) is 0 Å². The molecular weight excluding hydrogens is 192 g/mol. The first kappa shape index (κ1) is 11.8. The molecule has 0 aliphatic heterocycles. The van der Waals surface area contributed by atoms with Crippen molar-refractivity contribution >= 4 is 11.7 Å². The summed E-state index contributed by atoms with van der Waals surface area (Å²) in [5.41, 5.74) is 5.73. The third-order valence-electron chi connectivity index (χ3n) is 2.81. The summed E-state index contributed by atoms with van der Waals surface area (Å²) < 4.78 is 0. The first-order chi connectivity index (χ1) is 7.07. The molecule has 0 bridgehead atoms. The summed E-state index contributed by atoms with van der Waals surface area (Å²) in [7, 11) is 0. The van der Waals surface area contributed by atoms with E-state index in [9.17, 15) is 9.59 Å². The van der Waals surface area contributed by atoms with Crippen molar-refractivity contribution < 1.29 is 9.59 Å². The maximum absolute atomic E-state index is 11.5. The average Bonchev–Trinajstić information content (AvgIpc) is 2.64. The number of carbonyl (C=O) groups excluding carboxylic acids is 2. The Kier molecular flexibility index (Phi) is 3.88. The fraction of sp³-hybridized carbons (Fsp3) is 0.636. The molecule has 1 rings (SSSR count). The van der Waals surface area contributed by atoms with Crippen LogP contribution < -0.4 is 5.73 Å². The van der Waals surface area contributed by atoms with Gasteiger partial charge in [0.05, 0.1) is 0 Å². The summed E-state index contributed by atoms with van der Waals surface area (Å²) in [6.07, 6.45) is 5.39. The molecule has 0 saturated heterocycles. The number of rotatable bonds is 3. The number of Topliss-reactive ketones (excluding diaryl/α,β-unsaturated/α-hetero) is 1. The molecule has 0 aromatic rings. The van der Waals surface area contributed by atoms with Gasteiger partial charge < -0.3 is 10.6 Å². The van der Waals surface area contributed by atoms with Crippen molar-refractivity contribution in [2.75, 3.05) is 0 Å². The highest BCUT2D eigenvalue weighted by Gasteiger charge is 2.28. The normalized spacial score (nSPS) is 17.9. The van der Waals surface area contributed by atoms with Gasteiger partial charge in [0, 0.05) is 26.1 Å². The Morgan fingerprint density at radius 2 is 1.80 bits per heavy atom. The van der Waals surface area contributed by atoms with E-state index in [1.807, 2.05) is 0 Å². The van der Waals surface area contributed by atoms with Crippen LogP contribution in [-0.2, 0) is 9.59 Å². The number of hydrogen-bond donors (Lipinski definition) is 1. The van der Waals surface area contributed by atoms with E-state index < -0.39 is 0 Å². The molecule has 4 nitrogen and oxygen atoms in total. The summed E-state index contributed by atoms with van der Waals surface area (Å²) >= 11 is 0. The molecule has 1 aliphatic carbocycles. The van der Waals surface area contributed by atoms with Crippen molar-refractivity contribution in [3.05, 3.63) is 11.9 Å². The number of ketones is 1. The SMILES string of the molecule is CC(=O)/C(=C\N)N(C(C)=O)C1CCCC1. The molecule has 0 unspecified atom stereocenters. The van der Waals surface area contributed by atoms with Gasteiger partial charge in [-0.3, -0.25) is 9.59 Å². The van der Waals surface area contributed by atoms with Gasteiger partial charge in [-0.05, 0) is 12.8 Å². The van der Waals surface area contributed by atoms with Crippen molar-refractivity contribution in [2.24, 2.45) is 5.73 Å². The van der Waals surface area contributed by atoms with Crippen molar-refractivity contribution in [3.8, 4) is 0 Å². The van der Waals surface area contributed by atoms with Gasteiger partial charge in [0.15, 0.2) is 5.78 Å². The van der Waals surface area contributed by atoms with Gasteiger partial charge >= 0.3 is 0 Å². The summed E-state index contributed by atoms with van der Waals surface area (Å²) in [6, 6.07) is 0.154. The van der Waals surface area contributed by atoms with Crippen LogP contribution in [0.4, 0.5) is 0 Å². The van der Waals surface area contributed by atoms with Crippen molar-refractivity contribution in [2.45, 2.75) is 45.6 Å². The summed E-state index contributed by atoms with van der Waals surface area (Å²) in [6.45, 7) is 2.91. The Bertz CT molecular complexity index is 291. The van der Waals surface area contributed by atoms with Gasteiger partial charge in [0.25, 0.3) is 0 Å². The number of amides is 1. The van der Waals surface area contributed by atoms with Crippen LogP contribution in [0.25, 0.3) is 0 Å². The van der Waals surface area contributed by atoms with Crippen LogP contribution in [0, 0.1) is 0 Å². The fourth-order valence-electron chi connectivity index (χ4n) is 2.15. The maximum atomic E-state index is 11.5. The number of allylic oxidation sites excluding steroid dienone is 1. The van der Waals surface area contributed by atoms with Crippen LogP contribution in [-0.4, -0.2) is 22.6 Å². The second-order valence-electron chi connectivity index (χ2n) is 3.94. The summed E-state index contributed by atoms with van der Waals surface area (Å²) in [4.78, 5) is 24.4. The van der Waals surface area contributed by atoms with Crippen LogP contribution in [0.5, 0.6) is 0 Å². The topological polar surface area (TPSA) is 63.4 Å². The Hall–Kier alpha value is -1.32. The first-order valence-electron chi connectivity index (χ1n) is 5.30. The second kappa shape index (κ2) is 4.96. The highest BCUT2D eigenvalue weighted by Crippen LogP contribution is 2.26. The van der Waals surface area contributed by atoms with Crippen molar-refractivity contribution in [1.29, 1.82) is 0 Å². The van der Waals surface area contributed by atoms with Crippen molar-refractivity contribution in [3.63, 3.8) is 0 Å². The predicted molar refractivity (Wildman–Crippen MR) is 57.7 cm³/mol. The smallest absolute Gasteiger partial charge is 0.224 e. The van der Waals surface area contributed by atoms with Crippen molar-refractivity contribution in [1.82, 2.24) is 4.90 Å². The predicted octanol–water partition coefficient (Wildman–Crippen LogP) is 1.17. The van der Waals surface area contributed by atoms with E-state index in [1.165, 1.54) is 20.0 Å². The third kappa shape index (κ3) is 2.58. The number of carbonyl (C=O) groups is 2. The van der Waals surface area contributed by atoms with Gasteiger partial charge in [-0.1, -0.05) is 12.8 Å². The van der Waals surface area contributed by atoms with Gasteiger partial charge in [0.1, 0.15) is 5.70 Å². The largest absolute Gasteiger partial charge is 0.403 e. The summed E-state index contributed by atoms with van der Waals surface area (Å²) in [5.74, 6) is -0.256. The molecular formula is C11H18N2O2. The van der Waals surface area contributed by atoms with E-state index in [2.05, 4.69) is 0 Å². The Labute approximate surface area is 90.1 Å². The molecule has 0 radical (unpaired) electrons. The molecule has 1 fully saturated rings. The number of hydrogen-bond acceptors (Lipinski definition) is 3. The van der Waals surface area contributed by atoms with E-state index >= 15 is 0 Å². The minimum atomic E-state index is -0.153. The van der Waals surface area contributed by atoms with Crippen LogP contribution in [0.15, 0.2) is 11.9 Å². The van der Waals surface area contributed by atoms with E-state index in [0.29, 0.717) is 5.70 Å². The number of nitrogens with two attached hydrogens (primary N) is 1. The van der Waals surface area contributed by atoms with E-state index in [1.54, 1.807) is 4.90 Å². The monoisotopic (exact) mass is 210 g/mol. The maximum Gasteiger partial charge on any atom is 0.224 e. The molecule has 2 N–H and O–H groups in total. The van der Waals surface area contributed by atoms with E-state index in [-0.39, 0.29) is 17.7 Å². The zero-order chi connectivity index (χ0) is 11.4. The van der Waals surface area contributed by atoms with Gasteiger partial charge in [-0.2, -0.15) is 0 Å². The standard InChI is InChI=1S/C11H18N2O2/c1-8(14)11(7-12)13(9(2)15)10-5-3-4-6-10/h7,10H,3-6,12H2,1-2H3/b11-7+. The average molecular weight is 210 g/mol. The van der Waals surface area contributed by atoms with E-state index in [0.717, 1.165) is 25.7 Å². The molecule has 0 aromatic carbocycles. The lowest BCUT2D eigenvalue weighted by molar-refractivity contribution is -0.131. The lowest BCUT2D eigenvalue weighted by Crippen LogP contribution is -2.39. The minimum absolute atomic E-state index is 0.103. The highest BCUT2D eigenvalue weighted by molar-refractivity contribution is 5.96. The molecule has 84 valence electrons. The Balaban J connectivity index is 2.90. The number of nitrogens with zero attached hydrogens (tertiary/aromatic N) is 1. The van der Waals surface area contributed by atoms with Crippen LogP contribution >= 0.6 is 0 Å². The molecule has 0 aromatic heterocycles. The Morgan fingerprint density at radius 3 is 2.13 bits per heavy atom. The van der Waals surface area contributed by atoms with Gasteiger partial charge in [0.2, 0.25) is 5.91 Å². The lowest BCUT2D eigenvalue weighted by atomic mass is 10.1. The third-order valence-corrected chi connectivity index (χ3v) is 2.81. The molecule has 1 aliphatic rings. The van der Waals surface area contributed by atoms with Gasteiger partial charge in [-0.25, -0.2) is 0 Å². The molecule has 4 heteroatoms. The zero-order valence-corrected chi connectivity index (χ0v) is 9.32. The van der Waals surface area contributed by atoms with Gasteiger partial charge in [-0.15, -0.1) is 0 Å². The lowest BCUT2D eigenvalue weighted by Gasteiger charge is -2.28. The Morgan fingerprint density at radius 1 is 1.27 bits per heavy atom. The molecule has 0 atom stereocenters. The molecule has 0 heterocycles. The molecule has 1 amide bonds. The quantitative estimate of drug-likeness (QED) is 0.711. The molecule has 1 saturated carbocycles. The summed E-state index contributed by atoms with van der Waals surface area (Å²) in [5, 5.41) is 0. The highest BCUT2D eigenvalue weighted by atomic mass is 16.2. The van der Waals surface area contributed by atoms with Crippen LogP contribution in [0.3, 0.4) is 0 Å². The fourth-order valence-corrected chi connectivity index (χ4v) is 2.15. The van der Waals surface area contributed by atoms with Crippen LogP contribution in [0.1, 0.15) is 39.5 Å². The molecule has 0 spiro atoms.